The van der Waals surface area contributed by atoms with E-state index in [1.807, 2.05) is 6.07 Å². The maximum atomic E-state index is 12.1. The molecule has 0 heterocycles. The molecular formula is C15H15ClO3S. The number of hydrogen-bond acceptors (Lipinski definition) is 3. The van der Waals surface area contributed by atoms with Crippen LogP contribution in [-0.4, -0.2) is 19.3 Å². The van der Waals surface area contributed by atoms with Crippen molar-refractivity contribution in [2.45, 2.75) is 11.9 Å². The molecule has 0 aromatic heterocycles. The molecule has 0 fully saturated rings. The number of rotatable bonds is 5. The van der Waals surface area contributed by atoms with Crippen molar-refractivity contribution in [1.29, 1.82) is 0 Å². The number of benzene rings is 2. The molecule has 1 N–H and O–H groups in total. The van der Waals surface area contributed by atoms with Crippen LogP contribution in [-0.2, 0) is 15.6 Å². The molecule has 0 radical (unpaired) electrons. The number of aliphatic hydroxyl groups is 1. The highest BCUT2D eigenvalue weighted by Gasteiger charge is 2.19. The van der Waals surface area contributed by atoms with Crippen molar-refractivity contribution in [3.63, 3.8) is 0 Å². The first kappa shape index (κ1) is 15.0. The van der Waals surface area contributed by atoms with Gasteiger partial charge >= 0.3 is 0 Å². The van der Waals surface area contributed by atoms with Crippen LogP contribution in [0.1, 0.15) is 17.2 Å². The third-order valence-corrected chi connectivity index (χ3v) is 4.70. The van der Waals surface area contributed by atoms with E-state index in [9.17, 15) is 13.5 Å². The van der Waals surface area contributed by atoms with Crippen LogP contribution in [0.4, 0.5) is 0 Å². The van der Waals surface area contributed by atoms with E-state index in [-0.39, 0.29) is 11.5 Å². The Balaban J connectivity index is 2.08. The number of sulfone groups is 1. The molecule has 0 spiro atoms. The number of halogens is 1. The molecule has 2 rings (SSSR count). The maximum absolute atomic E-state index is 12.1. The van der Waals surface area contributed by atoms with Crippen molar-refractivity contribution in [2.24, 2.45) is 0 Å². The fourth-order valence-electron chi connectivity index (χ4n) is 1.95. The van der Waals surface area contributed by atoms with Gasteiger partial charge in [0.05, 0.1) is 17.6 Å². The van der Waals surface area contributed by atoms with Crippen LogP contribution >= 0.6 is 11.6 Å². The van der Waals surface area contributed by atoms with E-state index < -0.39 is 15.9 Å². The highest BCUT2D eigenvalue weighted by atomic mass is 35.5. The zero-order chi connectivity index (χ0) is 14.6. The molecule has 2 aromatic rings. The molecule has 106 valence electrons. The van der Waals surface area contributed by atoms with Crippen molar-refractivity contribution < 1.29 is 13.5 Å². The van der Waals surface area contributed by atoms with E-state index in [1.165, 1.54) is 0 Å². The van der Waals surface area contributed by atoms with E-state index in [0.717, 1.165) is 0 Å². The molecule has 20 heavy (non-hydrogen) atoms. The van der Waals surface area contributed by atoms with E-state index in [1.54, 1.807) is 48.5 Å². The molecular weight excluding hydrogens is 296 g/mol. The lowest BCUT2D eigenvalue weighted by Crippen LogP contribution is -2.16. The Bertz CT molecular complexity index is 669. The smallest absolute Gasteiger partial charge is 0.157 e. The van der Waals surface area contributed by atoms with Gasteiger partial charge in [-0.15, -0.1) is 0 Å². The van der Waals surface area contributed by atoms with E-state index in [4.69, 9.17) is 11.6 Å². The summed E-state index contributed by atoms with van der Waals surface area (Å²) in [6.07, 6.45) is -1.01. The fourth-order valence-corrected chi connectivity index (χ4v) is 3.64. The van der Waals surface area contributed by atoms with Gasteiger partial charge in [-0.2, -0.15) is 0 Å². The van der Waals surface area contributed by atoms with Gasteiger partial charge in [0.2, 0.25) is 0 Å². The summed E-state index contributed by atoms with van der Waals surface area (Å²) in [6.45, 7) is 0. The first-order valence-electron chi connectivity index (χ1n) is 6.14. The van der Waals surface area contributed by atoms with Gasteiger partial charge in [0.1, 0.15) is 0 Å². The average molecular weight is 311 g/mol. The molecule has 1 unspecified atom stereocenters. The Labute approximate surface area is 123 Å². The molecule has 0 saturated carbocycles. The number of hydrogen-bond donors (Lipinski definition) is 1. The van der Waals surface area contributed by atoms with Crippen molar-refractivity contribution in [1.82, 2.24) is 0 Å². The summed E-state index contributed by atoms with van der Waals surface area (Å²) in [5.74, 6) is -0.430. The summed E-state index contributed by atoms with van der Waals surface area (Å²) in [6, 6.07) is 15.5. The first-order valence-corrected chi connectivity index (χ1v) is 8.34. The molecule has 0 aliphatic rings. The van der Waals surface area contributed by atoms with Crippen LogP contribution in [0.25, 0.3) is 0 Å². The van der Waals surface area contributed by atoms with Crippen LogP contribution < -0.4 is 0 Å². The first-order chi connectivity index (χ1) is 9.46. The predicted molar refractivity (Wildman–Crippen MR) is 80.3 cm³/mol. The van der Waals surface area contributed by atoms with Crippen LogP contribution in [0.5, 0.6) is 0 Å². The average Bonchev–Trinajstić information content (AvgIpc) is 2.38. The van der Waals surface area contributed by atoms with Crippen LogP contribution in [0, 0.1) is 0 Å². The van der Waals surface area contributed by atoms with E-state index in [2.05, 4.69) is 0 Å². The minimum Gasteiger partial charge on any atom is -0.387 e. The molecule has 0 bridgehead atoms. The number of aliphatic hydroxyl groups excluding tert-OH is 1. The SMILES string of the molecule is O=S(=O)(Cc1cccc(Cl)c1)CC(O)c1ccccc1. The minimum absolute atomic E-state index is 0.128. The van der Waals surface area contributed by atoms with Crippen LogP contribution in [0.15, 0.2) is 54.6 Å². The molecule has 0 aliphatic heterocycles. The summed E-state index contributed by atoms with van der Waals surface area (Å²) in [5.41, 5.74) is 1.22. The zero-order valence-electron chi connectivity index (χ0n) is 10.7. The van der Waals surface area contributed by atoms with Gasteiger partial charge < -0.3 is 5.11 Å². The molecule has 0 aliphatic carbocycles. The van der Waals surface area contributed by atoms with Crippen molar-refractivity contribution in [3.8, 4) is 0 Å². The van der Waals surface area contributed by atoms with Gasteiger partial charge in [0.25, 0.3) is 0 Å². The predicted octanol–water partition coefficient (Wildman–Crippen LogP) is 2.99. The second kappa shape index (κ2) is 6.39. The Morgan fingerprint density at radius 3 is 2.40 bits per heavy atom. The standard InChI is InChI=1S/C15H15ClO3S/c16-14-8-4-5-12(9-14)10-20(18,19)11-15(17)13-6-2-1-3-7-13/h1-9,15,17H,10-11H2. The maximum Gasteiger partial charge on any atom is 0.157 e. The van der Waals surface area contributed by atoms with Gasteiger partial charge in [0, 0.05) is 5.02 Å². The van der Waals surface area contributed by atoms with Crippen molar-refractivity contribution >= 4 is 21.4 Å². The Hall–Kier alpha value is -1.36. The quantitative estimate of drug-likeness (QED) is 0.923. The lowest BCUT2D eigenvalue weighted by molar-refractivity contribution is 0.201. The Morgan fingerprint density at radius 1 is 1.05 bits per heavy atom. The normalized spacial score (nSPS) is 13.1. The van der Waals surface area contributed by atoms with Crippen molar-refractivity contribution in [2.75, 3.05) is 5.75 Å². The molecule has 0 saturated heterocycles. The minimum atomic E-state index is -3.41. The summed E-state index contributed by atoms with van der Waals surface area (Å²) < 4.78 is 24.2. The lowest BCUT2D eigenvalue weighted by atomic mass is 10.1. The third kappa shape index (κ3) is 4.34. The Morgan fingerprint density at radius 2 is 1.75 bits per heavy atom. The van der Waals surface area contributed by atoms with Crippen molar-refractivity contribution in [3.05, 3.63) is 70.7 Å². The highest BCUT2D eigenvalue weighted by Crippen LogP contribution is 2.18. The highest BCUT2D eigenvalue weighted by molar-refractivity contribution is 7.90. The second-order valence-corrected chi connectivity index (χ2v) is 7.16. The second-order valence-electron chi connectivity index (χ2n) is 4.61. The Kier molecular flexibility index (Phi) is 4.81. The molecule has 1 atom stereocenters. The largest absolute Gasteiger partial charge is 0.387 e. The lowest BCUT2D eigenvalue weighted by Gasteiger charge is -2.11. The topological polar surface area (TPSA) is 54.4 Å². The monoisotopic (exact) mass is 310 g/mol. The van der Waals surface area contributed by atoms with Gasteiger partial charge in [-0.25, -0.2) is 8.42 Å². The molecule has 3 nitrogen and oxygen atoms in total. The van der Waals surface area contributed by atoms with Gasteiger partial charge in [0.15, 0.2) is 9.84 Å². The fraction of sp³-hybridized carbons (Fsp3) is 0.200. The summed E-state index contributed by atoms with van der Waals surface area (Å²) in [5, 5.41) is 10.5. The van der Waals surface area contributed by atoms with Crippen LogP contribution in [0.2, 0.25) is 5.02 Å². The summed E-state index contributed by atoms with van der Waals surface area (Å²) >= 11 is 5.83. The van der Waals surface area contributed by atoms with E-state index in [0.29, 0.717) is 16.1 Å². The molecule has 0 amide bonds. The molecule has 5 heteroatoms. The molecule has 2 aromatic carbocycles. The van der Waals surface area contributed by atoms with Gasteiger partial charge in [-0.1, -0.05) is 54.1 Å². The third-order valence-electron chi connectivity index (χ3n) is 2.87. The van der Waals surface area contributed by atoms with Crippen LogP contribution in [0.3, 0.4) is 0 Å². The summed E-state index contributed by atoms with van der Waals surface area (Å²) in [7, 11) is -3.41. The zero-order valence-corrected chi connectivity index (χ0v) is 12.3. The van der Waals surface area contributed by atoms with E-state index >= 15 is 0 Å². The summed E-state index contributed by atoms with van der Waals surface area (Å²) in [4.78, 5) is 0. The van der Waals surface area contributed by atoms with Gasteiger partial charge in [-0.3, -0.25) is 0 Å². The van der Waals surface area contributed by atoms with Gasteiger partial charge in [-0.05, 0) is 23.3 Å².